The molecule has 2 atom stereocenters. The molecule has 0 spiro atoms. The Balaban J connectivity index is 2.22. The first-order chi connectivity index (χ1) is 8.59. The number of hydrogen-bond acceptors (Lipinski definition) is 3. The monoisotopic (exact) mass is 287 g/mol. The van der Waals surface area contributed by atoms with Crippen molar-refractivity contribution < 1.29 is 5.11 Å². The van der Waals surface area contributed by atoms with Crippen LogP contribution in [-0.4, -0.2) is 28.6 Å². The molecule has 18 heavy (non-hydrogen) atoms. The molecule has 0 radical (unpaired) electrons. The van der Waals surface area contributed by atoms with Gasteiger partial charge < -0.3 is 5.11 Å². The molecule has 2 rings (SSSR count). The molecule has 4 heteroatoms. The summed E-state index contributed by atoms with van der Waals surface area (Å²) in [5, 5.41) is 13.4. The Hall–Kier alpha value is -0.0900. The van der Waals surface area contributed by atoms with Crippen molar-refractivity contribution in [3.05, 3.63) is 21.3 Å². The van der Waals surface area contributed by atoms with E-state index >= 15 is 0 Å². The first-order valence-corrected chi connectivity index (χ1v) is 8.01. The molecule has 102 valence electrons. The third kappa shape index (κ3) is 2.60. The van der Waals surface area contributed by atoms with Gasteiger partial charge in [-0.1, -0.05) is 24.9 Å². The van der Waals surface area contributed by atoms with E-state index < -0.39 is 6.10 Å². The quantitative estimate of drug-likeness (QED) is 0.902. The van der Waals surface area contributed by atoms with E-state index in [1.165, 1.54) is 19.3 Å². The molecular formula is C14H22ClNOS. The van der Waals surface area contributed by atoms with Crippen molar-refractivity contribution in [3.63, 3.8) is 0 Å². The van der Waals surface area contributed by atoms with E-state index in [-0.39, 0.29) is 5.54 Å². The predicted octanol–water partition coefficient (Wildman–Crippen LogP) is 4.09. The molecule has 0 aliphatic carbocycles. The maximum atomic E-state index is 10.7. The Morgan fingerprint density at radius 3 is 2.61 bits per heavy atom. The number of rotatable bonds is 4. The van der Waals surface area contributed by atoms with Gasteiger partial charge in [0.2, 0.25) is 0 Å². The summed E-state index contributed by atoms with van der Waals surface area (Å²) >= 11 is 7.72. The molecule has 0 saturated carbocycles. The molecule has 0 aromatic carbocycles. The van der Waals surface area contributed by atoms with E-state index in [0.717, 1.165) is 24.4 Å². The van der Waals surface area contributed by atoms with Gasteiger partial charge in [0.1, 0.15) is 6.10 Å². The predicted molar refractivity (Wildman–Crippen MR) is 78.4 cm³/mol. The van der Waals surface area contributed by atoms with E-state index in [1.807, 2.05) is 11.4 Å². The van der Waals surface area contributed by atoms with Crippen LogP contribution in [0, 0.1) is 0 Å². The summed E-state index contributed by atoms with van der Waals surface area (Å²) in [4.78, 5) is 3.35. The van der Waals surface area contributed by atoms with E-state index in [4.69, 9.17) is 11.6 Å². The van der Waals surface area contributed by atoms with E-state index in [9.17, 15) is 5.11 Å². The van der Waals surface area contributed by atoms with Crippen LogP contribution >= 0.6 is 22.9 Å². The van der Waals surface area contributed by atoms with Crippen molar-refractivity contribution in [2.45, 2.75) is 51.2 Å². The standard InChI is InChI=1S/C14H22ClNOS/c1-3-14(2,16-8-5-4-6-9-16)13(17)12-11(15)7-10-18-12/h7,10,13,17H,3-6,8-9H2,1-2H3. The molecule has 1 aliphatic heterocycles. The van der Waals surface area contributed by atoms with E-state index in [1.54, 1.807) is 11.3 Å². The number of halogens is 1. The number of thiophene rings is 1. The van der Waals surface area contributed by atoms with Crippen LogP contribution < -0.4 is 0 Å². The summed E-state index contributed by atoms with van der Waals surface area (Å²) in [6.07, 6.45) is 4.23. The normalized spacial score (nSPS) is 22.7. The van der Waals surface area contributed by atoms with Gasteiger partial charge in [0.15, 0.2) is 0 Å². The molecule has 1 N–H and O–H groups in total. The van der Waals surface area contributed by atoms with Crippen molar-refractivity contribution in [1.82, 2.24) is 4.90 Å². The van der Waals surface area contributed by atoms with Gasteiger partial charge in [-0.2, -0.15) is 0 Å². The molecule has 1 aliphatic rings. The Morgan fingerprint density at radius 2 is 2.11 bits per heavy atom. The smallest absolute Gasteiger partial charge is 0.108 e. The van der Waals surface area contributed by atoms with Crippen molar-refractivity contribution >= 4 is 22.9 Å². The SMILES string of the molecule is CCC(C)(C(O)c1sccc1Cl)N1CCCCC1. The Morgan fingerprint density at radius 1 is 1.44 bits per heavy atom. The average molecular weight is 288 g/mol. The Labute approximate surface area is 119 Å². The van der Waals surface area contributed by atoms with E-state index in [0.29, 0.717) is 5.02 Å². The second-order valence-electron chi connectivity index (χ2n) is 5.29. The number of aliphatic hydroxyl groups excluding tert-OH is 1. The maximum absolute atomic E-state index is 10.7. The van der Waals surface area contributed by atoms with Gasteiger partial charge in [-0.15, -0.1) is 11.3 Å². The van der Waals surface area contributed by atoms with Crippen molar-refractivity contribution in [1.29, 1.82) is 0 Å². The molecule has 1 fully saturated rings. The highest BCUT2D eigenvalue weighted by Gasteiger charge is 2.39. The third-order valence-corrected chi connectivity index (χ3v) is 5.69. The largest absolute Gasteiger partial charge is 0.386 e. The average Bonchev–Trinajstić information content (AvgIpc) is 2.84. The minimum absolute atomic E-state index is 0.199. The fourth-order valence-electron chi connectivity index (χ4n) is 2.78. The molecule has 0 bridgehead atoms. The molecular weight excluding hydrogens is 266 g/mol. The second-order valence-corrected chi connectivity index (χ2v) is 6.65. The summed E-state index contributed by atoms with van der Waals surface area (Å²) in [5.41, 5.74) is -0.199. The van der Waals surface area contributed by atoms with Crippen LogP contribution in [0.1, 0.15) is 50.5 Å². The van der Waals surface area contributed by atoms with Crippen LogP contribution in [0.25, 0.3) is 0 Å². The zero-order chi connectivity index (χ0) is 13.2. The van der Waals surface area contributed by atoms with Gasteiger partial charge in [0.05, 0.1) is 9.90 Å². The zero-order valence-corrected chi connectivity index (χ0v) is 12.7. The Bertz CT molecular complexity index is 389. The van der Waals surface area contributed by atoms with Gasteiger partial charge in [-0.3, -0.25) is 4.90 Å². The molecule has 2 unspecified atom stereocenters. The molecule has 1 aromatic rings. The van der Waals surface area contributed by atoms with Crippen molar-refractivity contribution in [3.8, 4) is 0 Å². The molecule has 1 saturated heterocycles. The van der Waals surface area contributed by atoms with Gasteiger partial charge in [0, 0.05) is 5.54 Å². The number of likely N-dealkylation sites (tertiary alicyclic amines) is 1. The van der Waals surface area contributed by atoms with Crippen LogP contribution in [0.5, 0.6) is 0 Å². The summed E-state index contributed by atoms with van der Waals surface area (Å²) in [5.74, 6) is 0. The first-order valence-electron chi connectivity index (χ1n) is 6.75. The minimum atomic E-state index is -0.493. The van der Waals surface area contributed by atoms with Gasteiger partial charge in [0.25, 0.3) is 0 Å². The number of hydrogen-bond donors (Lipinski definition) is 1. The summed E-state index contributed by atoms with van der Waals surface area (Å²) in [6.45, 7) is 6.49. The number of aliphatic hydroxyl groups is 1. The molecule has 1 aromatic heterocycles. The Kier molecular flexibility index (Phi) is 4.70. The van der Waals surface area contributed by atoms with Gasteiger partial charge in [-0.25, -0.2) is 0 Å². The minimum Gasteiger partial charge on any atom is -0.386 e. The molecule has 0 amide bonds. The van der Waals surface area contributed by atoms with Crippen LogP contribution in [-0.2, 0) is 0 Å². The molecule has 2 nitrogen and oxygen atoms in total. The fraction of sp³-hybridized carbons (Fsp3) is 0.714. The van der Waals surface area contributed by atoms with Crippen LogP contribution in [0.15, 0.2) is 11.4 Å². The fourth-order valence-corrected chi connectivity index (χ4v) is 4.07. The third-order valence-electron chi connectivity index (χ3n) is 4.28. The molecule has 2 heterocycles. The van der Waals surface area contributed by atoms with Gasteiger partial charge >= 0.3 is 0 Å². The van der Waals surface area contributed by atoms with E-state index in [2.05, 4.69) is 18.7 Å². The summed E-state index contributed by atoms with van der Waals surface area (Å²) in [6, 6.07) is 1.87. The summed E-state index contributed by atoms with van der Waals surface area (Å²) < 4.78 is 0. The lowest BCUT2D eigenvalue weighted by Gasteiger charge is -2.45. The highest BCUT2D eigenvalue weighted by atomic mass is 35.5. The second kappa shape index (κ2) is 5.91. The first kappa shape index (κ1) is 14.3. The van der Waals surface area contributed by atoms with Gasteiger partial charge in [-0.05, 0) is 50.7 Å². The maximum Gasteiger partial charge on any atom is 0.108 e. The van der Waals surface area contributed by atoms with Crippen LogP contribution in [0.2, 0.25) is 5.02 Å². The lowest BCUT2D eigenvalue weighted by Crippen LogP contribution is -2.52. The number of piperidine rings is 1. The van der Waals surface area contributed by atoms with Crippen LogP contribution in [0.3, 0.4) is 0 Å². The topological polar surface area (TPSA) is 23.5 Å². The lowest BCUT2D eigenvalue weighted by atomic mass is 9.86. The zero-order valence-electron chi connectivity index (χ0n) is 11.2. The summed E-state index contributed by atoms with van der Waals surface area (Å²) in [7, 11) is 0. The van der Waals surface area contributed by atoms with Crippen molar-refractivity contribution in [2.24, 2.45) is 0 Å². The highest BCUT2D eigenvalue weighted by Crippen LogP contribution is 2.40. The van der Waals surface area contributed by atoms with Crippen molar-refractivity contribution in [2.75, 3.05) is 13.1 Å². The number of nitrogens with zero attached hydrogens (tertiary/aromatic N) is 1. The highest BCUT2D eigenvalue weighted by molar-refractivity contribution is 7.10. The van der Waals surface area contributed by atoms with Crippen LogP contribution in [0.4, 0.5) is 0 Å². The lowest BCUT2D eigenvalue weighted by molar-refractivity contribution is -0.0334.